The summed E-state index contributed by atoms with van der Waals surface area (Å²) < 4.78 is 39.4. The molecular formula is C24H44O6S. The van der Waals surface area contributed by atoms with Gasteiger partial charge in [-0.25, -0.2) is 0 Å². The summed E-state index contributed by atoms with van der Waals surface area (Å²) in [6, 6.07) is 0. The first kappa shape index (κ1) is 28.1. The van der Waals surface area contributed by atoms with Crippen LogP contribution < -0.4 is 0 Å². The Morgan fingerprint density at radius 3 is 2.32 bits per heavy atom. The van der Waals surface area contributed by atoms with Crippen LogP contribution in [0.25, 0.3) is 0 Å². The number of esters is 1. The van der Waals surface area contributed by atoms with Crippen LogP contribution >= 0.6 is 0 Å². The molecule has 0 radical (unpaired) electrons. The van der Waals surface area contributed by atoms with Gasteiger partial charge in [0.15, 0.2) is 5.94 Å². The highest BCUT2D eigenvalue weighted by Gasteiger charge is 2.31. The van der Waals surface area contributed by atoms with Crippen molar-refractivity contribution in [3.8, 4) is 0 Å². The first-order valence-corrected chi connectivity index (χ1v) is 13.4. The van der Waals surface area contributed by atoms with Crippen LogP contribution in [0.3, 0.4) is 0 Å². The molecule has 0 aliphatic heterocycles. The largest absolute Gasteiger partial charge is 0.463 e. The summed E-state index contributed by atoms with van der Waals surface area (Å²) in [6.07, 6.45) is 13.8. The molecule has 31 heavy (non-hydrogen) atoms. The molecular weight excluding hydrogens is 416 g/mol. The van der Waals surface area contributed by atoms with Crippen molar-refractivity contribution in [3.05, 3.63) is 12.2 Å². The zero-order chi connectivity index (χ0) is 23.5. The average molecular weight is 461 g/mol. The molecule has 182 valence electrons. The zero-order valence-corrected chi connectivity index (χ0v) is 21.0. The average Bonchev–Trinajstić information content (AvgIpc) is 2.68. The van der Waals surface area contributed by atoms with Crippen LogP contribution in [0.5, 0.6) is 0 Å². The number of hydrogen-bond donors (Lipinski definition) is 1. The van der Waals surface area contributed by atoms with Crippen molar-refractivity contribution >= 4 is 16.1 Å². The fourth-order valence-corrected chi connectivity index (χ4v) is 4.84. The van der Waals surface area contributed by atoms with E-state index in [4.69, 9.17) is 14.0 Å². The minimum atomic E-state index is -4.15. The van der Waals surface area contributed by atoms with E-state index in [2.05, 4.69) is 39.8 Å². The van der Waals surface area contributed by atoms with Gasteiger partial charge in [0.1, 0.15) is 6.61 Å². The molecule has 0 heterocycles. The maximum Gasteiger partial charge on any atom is 0.308 e. The number of ether oxygens (including phenoxy) is 2. The van der Waals surface area contributed by atoms with E-state index in [0.29, 0.717) is 11.8 Å². The molecule has 0 aromatic rings. The van der Waals surface area contributed by atoms with E-state index in [9.17, 15) is 13.2 Å². The van der Waals surface area contributed by atoms with Crippen molar-refractivity contribution in [3.63, 3.8) is 0 Å². The molecule has 1 fully saturated rings. The van der Waals surface area contributed by atoms with Gasteiger partial charge in [-0.15, -0.1) is 0 Å². The first-order valence-electron chi connectivity index (χ1n) is 11.8. The number of carbonyl (C=O) groups excluding carboxylic acids is 1. The topological polar surface area (TPSA) is 89.9 Å². The Labute approximate surface area is 189 Å². The second-order valence-corrected chi connectivity index (χ2v) is 11.5. The monoisotopic (exact) mass is 460 g/mol. The second-order valence-electron chi connectivity index (χ2n) is 10.1. The lowest BCUT2D eigenvalue weighted by molar-refractivity contribution is -0.149. The molecule has 0 aromatic carbocycles. The summed E-state index contributed by atoms with van der Waals surface area (Å²) in [5.74, 6) is 1.12. The van der Waals surface area contributed by atoms with Gasteiger partial charge in [-0.1, -0.05) is 53.2 Å². The molecule has 7 heteroatoms. The Hall–Kier alpha value is -0.920. The van der Waals surface area contributed by atoms with Crippen molar-refractivity contribution in [2.24, 2.45) is 29.1 Å². The molecule has 1 saturated carbocycles. The highest BCUT2D eigenvalue weighted by molar-refractivity contribution is 7.85. The minimum absolute atomic E-state index is 0.0236. The lowest BCUT2D eigenvalue weighted by atomic mass is 9.67. The van der Waals surface area contributed by atoms with Crippen LogP contribution in [-0.2, 0) is 24.4 Å². The molecule has 1 aliphatic rings. The van der Waals surface area contributed by atoms with Crippen molar-refractivity contribution in [2.75, 3.05) is 19.2 Å². The van der Waals surface area contributed by atoms with Crippen LogP contribution in [0.15, 0.2) is 12.2 Å². The van der Waals surface area contributed by atoms with E-state index in [1.807, 2.05) is 6.92 Å². The predicted octanol–water partition coefficient (Wildman–Crippen LogP) is 5.63. The van der Waals surface area contributed by atoms with Crippen LogP contribution in [0.4, 0.5) is 0 Å². The van der Waals surface area contributed by atoms with Gasteiger partial charge >= 0.3 is 5.97 Å². The molecule has 0 aromatic heterocycles. The highest BCUT2D eigenvalue weighted by Crippen LogP contribution is 2.43. The van der Waals surface area contributed by atoms with Crippen LogP contribution in [0.1, 0.15) is 86.0 Å². The summed E-state index contributed by atoms with van der Waals surface area (Å²) >= 11 is 0. The third kappa shape index (κ3) is 12.0. The van der Waals surface area contributed by atoms with E-state index < -0.39 is 16.1 Å². The fourth-order valence-electron chi connectivity index (χ4n) is 4.51. The molecule has 2 unspecified atom stereocenters. The molecule has 1 N–H and O–H groups in total. The maximum atomic E-state index is 12.0. The van der Waals surface area contributed by atoms with Crippen molar-refractivity contribution in [1.82, 2.24) is 0 Å². The molecule has 2 atom stereocenters. The van der Waals surface area contributed by atoms with Gasteiger partial charge < -0.3 is 9.47 Å². The molecule has 1 rings (SSSR count). The van der Waals surface area contributed by atoms with Crippen molar-refractivity contribution in [1.29, 1.82) is 0 Å². The normalized spacial score (nSPS) is 22.4. The van der Waals surface area contributed by atoms with Gasteiger partial charge in [-0.2, -0.15) is 8.42 Å². The number of hydrogen-bond acceptors (Lipinski definition) is 5. The van der Waals surface area contributed by atoms with Gasteiger partial charge in [-0.05, 0) is 68.1 Å². The van der Waals surface area contributed by atoms with Gasteiger partial charge in [0.05, 0.1) is 12.5 Å². The molecule has 0 bridgehead atoms. The van der Waals surface area contributed by atoms with E-state index >= 15 is 0 Å². The van der Waals surface area contributed by atoms with Gasteiger partial charge in [0, 0.05) is 0 Å². The van der Waals surface area contributed by atoms with E-state index in [-0.39, 0.29) is 25.1 Å². The smallest absolute Gasteiger partial charge is 0.308 e. The number of allylic oxidation sites excluding steroid dienone is 2. The van der Waals surface area contributed by atoms with Gasteiger partial charge in [-0.3, -0.25) is 9.35 Å². The zero-order valence-electron chi connectivity index (χ0n) is 20.1. The van der Waals surface area contributed by atoms with Gasteiger partial charge in [0.2, 0.25) is 0 Å². The van der Waals surface area contributed by atoms with E-state index in [1.165, 1.54) is 32.1 Å². The Bertz CT molecular complexity index is 641. The third-order valence-corrected chi connectivity index (χ3v) is 7.13. The lowest BCUT2D eigenvalue weighted by Gasteiger charge is -2.39. The van der Waals surface area contributed by atoms with E-state index in [1.54, 1.807) is 0 Å². The van der Waals surface area contributed by atoms with Crippen molar-refractivity contribution in [2.45, 2.75) is 86.0 Å². The second kappa shape index (κ2) is 13.6. The molecule has 1 aliphatic carbocycles. The van der Waals surface area contributed by atoms with Crippen LogP contribution in [-0.4, -0.2) is 38.1 Å². The molecule has 0 amide bonds. The quantitative estimate of drug-likeness (QED) is 0.166. The number of rotatable bonds is 13. The highest BCUT2D eigenvalue weighted by atomic mass is 32.2. The summed E-state index contributed by atoms with van der Waals surface area (Å²) in [4.78, 5) is 12.0. The molecule has 0 saturated heterocycles. The van der Waals surface area contributed by atoms with Crippen LogP contribution in [0, 0.1) is 29.1 Å². The Morgan fingerprint density at radius 2 is 1.77 bits per heavy atom. The molecule has 0 spiro atoms. The predicted molar refractivity (Wildman–Crippen MR) is 124 cm³/mol. The Kier molecular flexibility index (Phi) is 12.3. The van der Waals surface area contributed by atoms with E-state index in [0.717, 1.165) is 30.6 Å². The standard InChI is InChI=1S/C24H44O6S/c1-6-20(21-12-14-22(15-13-21)24(3,4)5)11-9-7-8-10-19(2)23(25)30-17-16-29-18-31(26,27)28/h7,9,19-22H,6,8,10-18H2,1-5H3,(H,26,27,28). The summed E-state index contributed by atoms with van der Waals surface area (Å²) in [7, 11) is -4.15. The first-order chi connectivity index (χ1) is 14.4. The SMILES string of the molecule is CCC(CC=CCCC(C)C(=O)OCCOCS(=O)(=O)O)C1CCC(C(C)(C)C)CC1. The third-order valence-electron chi connectivity index (χ3n) is 6.67. The fraction of sp³-hybridized carbons (Fsp3) is 0.875. The van der Waals surface area contributed by atoms with Gasteiger partial charge in [0.25, 0.3) is 10.1 Å². The van der Waals surface area contributed by atoms with Crippen molar-refractivity contribution < 1.29 is 27.2 Å². The summed E-state index contributed by atoms with van der Waals surface area (Å²) in [6.45, 7) is 11.1. The Morgan fingerprint density at radius 1 is 1.13 bits per heavy atom. The Balaban J connectivity index is 2.22. The maximum absolute atomic E-state index is 12.0. The summed E-state index contributed by atoms with van der Waals surface area (Å²) in [5, 5.41) is 0. The summed E-state index contributed by atoms with van der Waals surface area (Å²) in [5.41, 5.74) is 0.428. The minimum Gasteiger partial charge on any atom is -0.463 e. The van der Waals surface area contributed by atoms with Crippen LogP contribution in [0.2, 0.25) is 0 Å². The number of carbonyl (C=O) groups is 1. The lowest BCUT2D eigenvalue weighted by Crippen LogP contribution is -2.28. The molecule has 6 nitrogen and oxygen atoms in total.